The predicted molar refractivity (Wildman–Crippen MR) is 78.4 cm³/mol. The predicted octanol–water partition coefficient (Wildman–Crippen LogP) is 3.84. The highest BCUT2D eigenvalue weighted by Gasteiger charge is 2.09. The maximum Gasteiger partial charge on any atom is 0.338 e. The van der Waals surface area contributed by atoms with E-state index in [4.69, 9.17) is 14.7 Å². The minimum atomic E-state index is -0.363. The lowest BCUT2D eigenvalue weighted by atomic mass is 10.1. The summed E-state index contributed by atoms with van der Waals surface area (Å²) in [6, 6.07) is 14.1. The van der Waals surface area contributed by atoms with Crippen LogP contribution in [-0.2, 0) is 4.74 Å². The highest BCUT2D eigenvalue weighted by molar-refractivity contribution is 5.89. The van der Waals surface area contributed by atoms with E-state index in [0.717, 1.165) is 5.56 Å². The summed E-state index contributed by atoms with van der Waals surface area (Å²) in [4.78, 5) is 11.6. The summed E-state index contributed by atoms with van der Waals surface area (Å²) in [5, 5.41) is 9.11. The van der Waals surface area contributed by atoms with E-state index >= 15 is 0 Å². The summed E-state index contributed by atoms with van der Waals surface area (Å²) >= 11 is 0. The maximum atomic E-state index is 11.6. The molecule has 0 bridgehead atoms. The lowest BCUT2D eigenvalue weighted by Gasteiger charge is -2.10. The molecule has 2 rings (SSSR count). The third-order valence-electron chi connectivity index (χ3n) is 2.92. The summed E-state index contributed by atoms with van der Waals surface area (Å²) < 4.78 is 10.7. The van der Waals surface area contributed by atoms with Crippen LogP contribution in [0.15, 0.2) is 42.5 Å². The van der Waals surface area contributed by atoms with Gasteiger partial charge in [0.15, 0.2) is 0 Å². The fraction of sp³-hybridized carbons (Fsp3) is 0.176. The summed E-state index contributed by atoms with van der Waals surface area (Å²) in [6.07, 6.45) is 0. The molecule has 0 fully saturated rings. The highest BCUT2D eigenvalue weighted by atomic mass is 16.5. The normalized spacial score (nSPS) is 9.76. The number of esters is 1. The quantitative estimate of drug-likeness (QED) is 0.799. The average molecular weight is 281 g/mol. The van der Waals surface area contributed by atoms with E-state index in [1.807, 2.05) is 19.1 Å². The molecule has 21 heavy (non-hydrogen) atoms. The number of hydrogen-bond donors (Lipinski definition) is 0. The Hall–Kier alpha value is -2.80. The molecule has 0 radical (unpaired) electrons. The Morgan fingerprint density at radius 1 is 1.19 bits per heavy atom. The van der Waals surface area contributed by atoms with Gasteiger partial charge in [0.05, 0.1) is 17.7 Å². The third-order valence-corrected chi connectivity index (χ3v) is 2.92. The topological polar surface area (TPSA) is 59.3 Å². The Morgan fingerprint density at radius 3 is 2.52 bits per heavy atom. The molecule has 2 aromatic rings. The smallest absolute Gasteiger partial charge is 0.338 e. The van der Waals surface area contributed by atoms with E-state index in [2.05, 4.69) is 6.07 Å². The summed E-state index contributed by atoms with van der Waals surface area (Å²) in [5.41, 5.74) is 1.82. The van der Waals surface area contributed by atoms with Gasteiger partial charge >= 0.3 is 5.97 Å². The number of ether oxygens (including phenoxy) is 2. The number of rotatable bonds is 4. The van der Waals surface area contributed by atoms with Gasteiger partial charge in [0.25, 0.3) is 0 Å². The maximum absolute atomic E-state index is 11.6. The molecule has 0 aliphatic heterocycles. The zero-order valence-corrected chi connectivity index (χ0v) is 11.9. The Balaban J connectivity index is 2.22. The molecular weight excluding hydrogens is 266 g/mol. The first-order valence-electron chi connectivity index (χ1n) is 6.60. The van der Waals surface area contributed by atoms with Gasteiger partial charge in [0.1, 0.15) is 17.6 Å². The van der Waals surface area contributed by atoms with Crippen molar-refractivity contribution in [2.45, 2.75) is 13.8 Å². The van der Waals surface area contributed by atoms with Crippen molar-refractivity contribution in [1.82, 2.24) is 0 Å². The van der Waals surface area contributed by atoms with Crippen LogP contribution in [0.5, 0.6) is 11.5 Å². The van der Waals surface area contributed by atoms with Crippen LogP contribution in [0.1, 0.15) is 28.4 Å². The number of aryl methyl sites for hydroxylation is 1. The fourth-order valence-electron chi connectivity index (χ4n) is 1.87. The lowest BCUT2D eigenvalue weighted by Crippen LogP contribution is -2.04. The zero-order chi connectivity index (χ0) is 15.2. The molecule has 0 aliphatic carbocycles. The molecular formula is C17H15NO3. The molecule has 0 N–H and O–H groups in total. The van der Waals surface area contributed by atoms with Crippen LogP contribution in [0.3, 0.4) is 0 Å². The molecule has 0 saturated heterocycles. The van der Waals surface area contributed by atoms with Gasteiger partial charge in [-0.15, -0.1) is 0 Å². The van der Waals surface area contributed by atoms with Crippen molar-refractivity contribution in [2.75, 3.05) is 6.61 Å². The second kappa shape index (κ2) is 6.58. The van der Waals surface area contributed by atoms with E-state index < -0.39 is 0 Å². The molecule has 0 atom stereocenters. The van der Waals surface area contributed by atoms with Crippen LogP contribution in [-0.4, -0.2) is 12.6 Å². The van der Waals surface area contributed by atoms with E-state index in [-0.39, 0.29) is 5.97 Å². The van der Waals surface area contributed by atoms with E-state index in [1.54, 1.807) is 37.3 Å². The Kier molecular flexibility index (Phi) is 4.57. The Morgan fingerprint density at radius 2 is 1.90 bits per heavy atom. The third kappa shape index (κ3) is 3.40. The minimum absolute atomic E-state index is 0.339. The highest BCUT2D eigenvalue weighted by Crippen LogP contribution is 2.28. The molecule has 2 aromatic carbocycles. The summed E-state index contributed by atoms with van der Waals surface area (Å²) in [5.74, 6) is 0.732. The van der Waals surface area contributed by atoms with Crippen molar-refractivity contribution in [3.05, 3.63) is 59.2 Å². The van der Waals surface area contributed by atoms with Gasteiger partial charge in [0, 0.05) is 0 Å². The number of nitrogens with zero attached hydrogens (tertiary/aromatic N) is 1. The van der Waals surface area contributed by atoms with Gasteiger partial charge in [-0.1, -0.05) is 12.1 Å². The molecule has 4 nitrogen and oxygen atoms in total. The van der Waals surface area contributed by atoms with Crippen LogP contribution in [0.25, 0.3) is 0 Å². The van der Waals surface area contributed by atoms with Crippen molar-refractivity contribution in [3.63, 3.8) is 0 Å². The lowest BCUT2D eigenvalue weighted by molar-refractivity contribution is 0.0526. The first-order valence-corrected chi connectivity index (χ1v) is 6.60. The average Bonchev–Trinajstić information content (AvgIpc) is 2.50. The first kappa shape index (κ1) is 14.6. The van der Waals surface area contributed by atoms with Crippen molar-refractivity contribution in [1.29, 1.82) is 5.26 Å². The second-order valence-corrected chi connectivity index (χ2v) is 4.41. The largest absolute Gasteiger partial charge is 0.462 e. The van der Waals surface area contributed by atoms with Crippen LogP contribution in [0.2, 0.25) is 0 Å². The monoisotopic (exact) mass is 281 g/mol. The van der Waals surface area contributed by atoms with E-state index in [1.165, 1.54) is 0 Å². The number of benzene rings is 2. The molecule has 4 heteroatoms. The summed E-state index contributed by atoms with van der Waals surface area (Å²) in [6.45, 7) is 3.98. The van der Waals surface area contributed by atoms with Crippen LogP contribution < -0.4 is 4.74 Å². The fourth-order valence-corrected chi connectivity index (χ4v) is 1.87. The number of hydrogen-bond acceptors (Lipinski definition) is 4. The van der Waals surface area contributed by atoms with Crippen molar-refractivity contribution in [3.8, 4) is 17.6 Å². The number of carbonyl (C=O) groups is 1. The molecule has 106 valence electrons. The molecule has 0 heterocycles. The van der Waals surface area contributed by atoms with E-state index in [0.29, 0.717) is 29.2 Å². The minimum Gasteiger partial charge on any atom is -0.462 e. The van der Waals surface area contributed by atoms with E-state index in [9.17, 15) is 4.79 Å². The molecule has 0 saturated carbocycles. The first-order chi connectivity index (χ1) is 10.2. The van der Waals surface area contributed by atoms with Crippen molar-refractivity contribution in [2.24, 2.45) is 0 Å². The number of carbonyl (C=O) groups excluding carboxylic acids is 1. The van der Waals surface area contributed by atoms with Gasteiger partial charge in [-0.2, -0.15) is 5.26 Å². The van der Waals surface area contributed by atoms with Gasteiger partial charge in [-0.25, -0.2) is 4.79 Å². The second-order valence-electron chi connectivity index (χ2n) is 4.41. The molecule has 0 amide bonds. The van der Waals surface area contributed by atoms with Crippen molar-refractivity contribution >= 4 is 5.97 Å². The van der Waals surface area contributed by atoms with Gasteiger partial charge in [0.2, 0.25) is 0 Å². The molecule has 0 spiro atoms. The standard InChI is InChI=1S/C17H15NO3/c1-3-20-17(19)13-7-9-15(10-8-13)21-16-12(2)5-4-6-14(16)11-18/h4-10H,3H2,1-2H3. The van der Waals surface area contributed by atoms with Crippen LogP contribution in [0, 0.1) is 18.3 Å². The molecule has 0 aromatic heterocycles. The SMILES string of the molecule is CCOC(=O)c1ccc(Oc2c(C)cccc2C#N)cc1. The van der Waals surface area contributed by atoms with Gasteiger partial charge in [-0.3, -0.25) is 0 Å². The Bertz CT molecular complexity index is 684. The van der Waals surface area contributed by atoms with Crippen LogP contribution >= 0.6 is 0 Å². The van der Waals surface area contributed by atoms with Gasteiger partial charge < -0.3 is 9.47 Å². The molecule has 0 aliphatic rings. The van der Waals surface area contributed by atoms with Crippen molar-refractivity contribution < 1.29 is 14.3 Å². The number of nitriles is 1. The number of para-hydroxylation sites is 1. The molecule has 0 unspecified atom stereocenters. The van der Waals surface area contributed by atoms with Gasteiger partial charge in [-0.05, 0) is 49.7 Å². The zero-order valence-electron chi connectivity index (χ0n) is 11.9. The Labute approximate surface area is 123 Å². The van der Waals surface area contributed by atoms with Crippen LogP contribution in [0.4, 0.5) is 0 Å². The summed E-state index contributed by atoms with van der Waals surface area (Å²) in [7, 11) is 0.